The van der Waals surface area contributed by atoms with Crippen LogP contribution in [0.15, 0.2) is 52.9 Å². The van der Waals surface area contributed by atoms with Gasteiger partial charge in [0.2, 0.25) is 0 Å². The molecule has 0 saturated carbocycles. The zero-order chi connectivity index (χ0) is 16.4. The minimum absolute atomic E-state index is 0.101. The highest BCUT2D eigenvalue weighted by Crippen LogP contribution is 2.21. The van der Waals surface area contributed by atoms with Gasteiger partial charge in [-0.05, 0) is 31.2 Å². The van der Waals surface area contributed by atoms with E-state index in [-0.39, 0.29) is 17.9 Å². The average Bonchev–Trinajstić information content (AvgIpc) is 2.95. The van der Waals surface area contributed by atoms with E-state index in [9.17, 15) is 14.3 Å². The monoisotopic (exact) mass is 313 g/mol. The maximum Gasteiger partial charge on any atom is 0.287 e. The molecule has 1 heterocycles. The number of nitrogens with one attached hydrogen (secondary N) is 1. The predicted molar refractivity (Wildman–Crippen MR) is 84.6 cm³/mol. The van der Waals surface area contributed by atoms with Gasteiger partial charge >= 0.3 is 0 Å². The molecular formula is C18H16FNO3. The second-order valence-corrected chi connectivity index (χ2v) is 5.40. The Kier molecular flexibility index (Phi) is 4.12. The minimum atomic E-state index is -1.12. The van der Waals surface area contributed by atoms with Crippen LogP contribution in [0.25, 0.3) is 11.0 Å². The smallest absolute Gasteiger partial charge is 0.287 e. The molecule has 2 N–H and O–H groups in total. The molecule has 0 fully saturated rings. The van der Waals surface area contributed by atoms with Crippen molar-refractivity contribution in [3.8, 4) is 0 Å². The lowest BCUT2D eigenvalue weighted by Gasteiger charge is -2.12. The molecule has 1 aromatic heterocycles. The second kappa shape index (κ2) is 6.22. The van der Waals surface area contributed by atoms with Gasteiger partial charge in [-0.2, -0.15) is 0 Å². The molecule has 5 heteroatoms. The maximum absolute atomic E-state index is 13.6. The molecule has 0 radical (unpaired) electrons. The van der Waals surface area contributed by atoms with Crippen molar-refractivity contribution in [2.75, 3.05) is 6.54 Å². The van der Waals surface area contributed by atoms with Crippen LogP contribution in [0.4, 0.5) is 4.39 Å². The van der Waals surface area contributed by atoms with Crippen molar-refractivity contribution < 1.29 is 18.7 Å². The molecule has 3 aromatic rings. The van der Waals surface area contributed by atoms with Crippen LogP contribution >= 0.6 is 0 Å². The van der Waals surface area contributed by atoms with Gasteiger partial charge in [0.1, 0.15) is 11.4 Å². The molecule has 0 spiro atoms. The molecule has 3 rings (SSSR count). The number of aryl methyl sites for hydroxylation is 1. The maximum atomic E-state index is 13.6. The molecule has 118 valence electrons. The number of benzene rings is 2. The van der Waals surface area contributed by atoms with Gasteiger partial charge in [0, 0.05) is 17.5 Å². The lowest BCUT2D eigenvalue weighted by molar-refractivity contribution is 0.0889. The quantitative estimate of drug-likeness (QED) is 0.776. The van der Waals surface area contributed by atoms with E-state index in [1.165, 1.54) is 12.1 Å². The van der Waals surface area contributed by atoms with E-state index >= 15 is 0 Å². The summed E-state index contributed by atoms with van der Waals surface area (Å²) in [6.07, 6.45) is -1.12. The molecule has 1 amide bonds. The summed E-state index contributed by atoms with van der Waals surface area (Å²) < 4.78 is 19.1. The first-order valence-corrected chi connectivity index (χ1v) is 7.25. The fourth-order valence-corrected chi connectivity index (χ4v) is 2.41. The molecule has 4 nitrogen and oxygen atoms in total. The lowest BCUT2D eigenvalue weighted by atomic mass is 10.1. The SMILES string of the molecule is Cc1ccc2oc(C(=O)NCC(O)c3ccccc3F)cc2c1. The van der Waals surface area contributed by atoms with Gasteiger partial charge in [-0.3, -0.25) is 4.79 Å². The van der Waals surface area contributed by atoms with Crippen LogP contribution in [0.1, 0.15) is 27.8 Å². The van der Waals surface area contributed by atoms with Gasteiger partial charge in [0.25, 0.3) is 5.91 Å². The third kappa shape index (κ3) is 3.24. The third-order valence-electron chi connectivity index (χ3n) is 3.62. The molecule has 2 aromatic carbocycles. The Morgan fingerprint density at radius 2 is 2.04 bits per heavy atom. The summed E-state index contributed by atoms with van der Waals surface area (Å²) in [6, 6.07) is 13.2. The van der Waals surface area contributed by atoms with Crippen molar-refractivity contribution in [3.05, 3.63) is 71.2 Å². The summed E-state index contributed by atoms with van der Waals surface area (Å²) in [5.41, 5.74) is 1.84. The van der Waals surface area contributed by atoms with E-state index < -0.39 is 17.8 Å². The highest BCUT2D eigenvalue weighted by atomic mass is 19.1. The molecule has 0 aliphatic carbocycles. The van der Waals surface area contributed by atoms with Gasteiger partial charge < -0.3 is 14.8 Å². The average molecular weight is 313 g/mol. The predicted octanol–water partition coefficient (Wildman–Crippen LogP) is 3.34. The van der Waals surface area contributed by atoms with Gasteiger partial charge in [0.15, 0.2) is 5.76 Å². The van der Waals surface area contributed by atoms with Crippen molar-refractivity contribution in [3.63, 3.8) is 0 Å². The number of furan rings is 1. The van der Waals surface area contributed by atoms with E-state index in [4.69, 9.17) is 4.42 Å². The summed E-state index contributed by atoms with van der Waals surface area (Å²) >= 11 is 0. The van der Waals surface area contributed by atoms with Crippen molar-refractivity contribution >= 4 is 16.9 Å². The Bertz CT molecular complexity index is 856. The first kappa shape index (κ1) is 15.2. The fraction of sp³-hybridized carbons (Fsp3) is 0.167. The van der Waals surface area contributed by atoms with Gasteiger partial charge in [-0.1, -0.05) is 29.8 Å². The van der Waals surface area contributed by atoms with Crippen LogP contribution in [0.5, 0.6) is 0 Å². The van der Waals surface area contributed by atoms with E-state index in [1.807, 2.05) is 19.1 Å². The van der Waals surface area contributed by atoms with E-state index in [0.717, 1.165) is 10.9 Å². The van der Waals surface area contributed by atoms with Crippen molar-refractivity contribution in [2.24, 2.45) is 0 Å². The third-order valence-corrected chi connectivity index (χ3v) is 3.62. The number of aliphatic hydroxyl groups is 1. The van der Waals surface area contributed by atoms with Gasteiger partial charge in [0.05, 0.1) is 6.10 Å². The second-order valence-electron chi connectivity index (χ2n) is 5.40. The topological polar surface area (TPSA) is 62.5 Å². The van der Waals surface area contributed by atoms with Crippen LogP contribution in [0.2, 0.25) is 0 Å². The number of amides is 1. The molecule has 0 aliphatic rings. The standard InChI is InChI=1S/C18H16FNO3/c1-11-6-7-16-12(8-11)9-17(23-16)18(22)20-10-15(21)13-4-2-3-5-14(13)19/h2-9,15,21H,10H2,1H3,(H,20,22). The van der Waals surface area contributed by atoms with Crippen LogP contribution in [-0.2, 0) is 0 Å². The molecule has 1 atom stereocenters. The molecular weight excluding hydrogens is 297 g/mol. The van der Waals surface area contributed by atoms with E-state index in [2.05, 4.69) is 5.32 Å². The number of carbonyl (C=O) groups is 1. The van der Waals surface area contributed by atoms with Crippen molar-refractivity contribution in [1.82, 2.24) is 5.32 Å². The summed E-state index contributed by atoms with van der Waals surface area (Å²) in [6.45, 7) is 1.85. The van der Waals surface area contributed by atoms with Gasteiger partial charge in [-0.15, -0.1) is 0 Å². The Morgan fingerprint density at radius 1 is 1.26 bits per heavy atom. The van der Waals surface area contributed by atoms with Crippen LogP contribution in [0, 0.1) is 12.7 Å². The lowest BCUT2D eigenvalue weighted by Crippen LogP contribution is -2.28. The number of halogens is 1. The number of fused-ring (bicyclic) bond motifs is 1. The van der Waals surface area contributed by atoms with Crippen LogP contribution in [-0.4, -0.2) is 17.6 Å². The normalized spacial score (nSPS) is 12.3. The molecule has 0 aliphatic heterocycles. The number of rotatable bonds is 4. The highest BCUT2D eigenvalue weighted by Gasteiger charge is 2.16. The molecule has 1 unspecified atom stereocenters. The Morgan fingerprint density at radius 3 is 2.83 bits per heavy atom. The fourth-order valence-electron chi connectivity index (χ4n) is 2.41. The number of aliphatic hydroxyl groups excluding tert-OH is 1. The van der Waals surface area contributed by atoms with Crippen molar-refractivity contribution in [1.29, 1.82) is 0 Å². The summed E-state index contributed by atoms with van der Waals surface area (Å²) in [4.78, 5) is 12.1. The number of hydrogen-bond donors (Lipinski definition) is 2. The summed E-state index contributed by atoms with van der Waals surface area (Å²) in [5, 5.41) is 13.4. The molecule has 23 heavy (non-hydrogen) atoms. The largest absolute Gasteiger partial charge is 0.451 e. The molecule has 0 bridgehead atoms. The van der Waals surface area contributed by atoms with E-state index in [1.54, 1.807) is 24.3 Å². The Hall–Kier alpha value is -2.66. The first-order chi connectivity index (χ1) is 11.0. The Balaban J connectivity index is 1.70. The highest BCUT2D eigenvalue weighted by molar-refractivity contribution is 5.96. The first-order valence-electron chi connectivity index (χ1n) is 7.25. The van der Waals surface area contributed by atoms with Crippen LogP contribution < -0.4 is 5.32 Å². The zero-order valence-corrected chi connectivity index (χ0v) is 12.5. The zero-order valence-electron chi connectivity index (χ0n) is 12.5. The number of carbonyl (C=O) groups excluding carboxylic acids is 1. The summed E-state index contributed by atoms with van der Waals surface area (Å²) in [5.74, 6) is -0.797. The molecule has 0 saturated heterocycles. The van der Waals surface area contributed by atoms with E-state index in [0.29, 0.717) is 5.58 Å². The minimum Gasteiger partial charge on any atom is -0.451 e. The summed E-state index contributed by atoms with van der Waals surface area (Å²) in [7, 11) is 0. The Labute approximate surface area is 132 Å². The van der Waals surface area contributed by atoms with Gasteiger partial charge in [-0.25, -0.2) is 4.39 Å². The van der Waals surface area contributed by atoms with Crippen molar-refractivity contribution in [2.45, 2.75) is 13.0 Å². The number of hydrogen-bond acceptors (Lipinski definition) is 3. The van der Waals surface area contributed by atoms with Crippen LogP contribution in [0.3, 0.4) is 0 Å².